The number of hydrogen-bond donors (Lipinski definition) is 2. The van der Waals surface area contributed by atoms with E-state index in [0.29, 0.717) is 0 Å². The van der Waals surface area contributed by atoms with Crippen molar-refractivity contribution in [1.29, 1.82) is 0 Å². The van der Waals surface area contributed by atoms with E-state index >= 15 is 0 Å². The molecule has 1 saturated heterocycles. The Morgan fingerprint density at radius 3 is 2.71 bits per heavy atom. The maximum absolute atomic E-state index is 4.67. The highest BCUT2D eigenvalue weighted by Crippen LogP contribution is 2.27. The van der Waals surface area contributed by atoms with E-state index in [1.165, 1.54) is 0 Å². The number of piperazine rings is 1. The van der Waals surface area contributed by atoms with Crippen LogP contribution >= 0.6 is 0 Å². The number of hydrogen-bond acceptors (Lipinski definition) is 6. The van der Waals surface area contributed by atoms with Gasteiger partial charge in [-0.2, -0.15) is 5.10 Å². The van der Waals surface area contributed by atoms with E-state index in [4.69, 9.17) is 0 Å². The minimum Gasteiger partial charge on any atom is -0.354 e. The van der Waals surface area contributed by atoms with Gasteiger partial charge in [0.15, 0.2) is 5.65 Å². The zero-order valence-electron chi connectivity index (χ0n) is 18.4. The molecular formula is C23H30N8. The van der Waals surface area contributed by atoms with E-state index in [1.807, 2.05) is 67.7 Å². The third-order valence-corrected chi connectivity index (χ3v) is 5.25. The number of aromatic nitrogens is 5. The highest BCUT2D eigenvalue weighted by Gasteiger charge is 2.14. The van der Waals surface area contributed by atoms with Crippen LogP contribution in [0.5, 0.6) is 0 Å². The Bertz CT molecular complexity index is 1120. The van der Waals surface area contributed by atoms with Crippen LogP contribution in [0.25, 0.3) is 16.9 Å². The molecule has 1 aliphatic rings. The number of imidazole rings is 1. The molecule has 0 amide bonds. The van der Waals surface area contributed by atoms with Gasteiger partial charge in [0.25, 0.3) is 0 Å². The number of pyridine rings is 2. The van der Waals surface area contributed by atoms with Gasteiger partial charge in [0.1, 0.15) is 5.82 Å². The van der Waals surface area contributed by atoms with Crippen LogP contribution in [0.4, 0.5) is 17.2 Å². The second-order valence-electron chi connectivity index (χ2n) is 7.11. The molecule has 1 fully saturated rings. The number of nitrogens with zero attached hydrogens (tertiary/aromatic N) is 6. The Balaban J connectivity index is 0.00000112. The first-order valence-corrected chi connectivity index (χ1v) is 11.0. The number of rotatable bonds is 5. The fourth-order valence-electron chi connectivity index (χ4n) is 3.71. The maximum Gasteiger partial charge on any atom is 0.161 e. The summed E-state index contributed by atoms with van der Waals surface area (Å²) in [4.78, 5) is 11.5. The summed E-state index contributed by atoms with van der Waals surface area (Å²) in [5.41, 5.74) is 4.93. The summed E-state index contributed by atoms with van der Waals surface area (Å²) < 4.78 is 4.02. The molecule has 1 aliphatic heterocycles. The molecule has 0 aromatic carbocycles. The van der Waals surface area contributed by atoms with Crippen molar-refractivity contribution in [2.75, 3.05) is 36.4 Å². The van der Waals surface area contributed by atoms with Crippen LogP contribution in [0.2, 0.25) is 0 Å². The lowest BCUT2D eigenvalue weighted by Crippen LogP contribution is -2.43. The van der Waals surface area contributed by atoms with Gasteiger partial charge in [-0.3, -0.25) is 9.08 Å². The van der Waals surface area contributed by atoms with Crippen molar-refractivity contribution in [3.63, 3.8) is 0 Å². The normalized spacial score (nSPS) is 13.7. The van der Waals surface area contributed by atoms with Crippen molar-refractivity contribution in [3.05, 3.63) is 55.2 Å². The van der Waals surface area contributed by atoms with Gasteiger partial charge >= 0.3 is 0 Å². The first kappa shape index (κ1) is 20.9. The first-order valence-electron chi connectivity index (χ1n) is 11.0. The lowest BCUT2D eigenvalue weighted by molar-refractivity contribution is 0.585. The zero-order chi connectivity index (χ0) is 21.6. The van der Waals surface area contributed by atoms with Crippen molar-refractivity contribution < 1.29 is 0 Å². The van der Waals surface area contributed by atoms with E-state index in [2.05, 4.69) is 48.0 Å². The Labute approximate surface area is 182 Å². The highest BCUT2D eigenvalue weighted by atomic mass is 15.3. The summed E-state index contributed by atoms with van der Waals surface area (Å²) in [5, 5.41) is 11.3. The third kappa shape index (κ3) is 4.39. The Hall–Kier alpha value is -3.39. The van der Waals surface area contributed by atoms with Crippen LogP contribution in [0, 0.1) is 0 Å². The van der Waals surface area contributed by atoms with Crippen molar-refractivity contribution >= 4 is 22.8 Å². The monoisotopic (exact) mass is 418 g/mol. The van der Waals surface area contributed by atoms with Gasteiger partial charge < -0.3 is 15.5 Å². The molecule has 5 heterocycles. The van der Waals surface area contributed by atoms with E-state index in [1.54, 1.807) is 0 Å². The van der Waals surface area contributed by atoms with Crippen LogP contribution in [0.15, 0.2) is 55.2 Å². The highest BCUT2D eigenvalue weighted by molar-refractivity contribution is 5.77. The van der Waals surface area contributed by atoms with Crippen molar-refractivity contribution in [2.24, 2.45) is 0 Å². The SMILES string of the molecule is CC.CCn1cc(-c2cnc3c(Nc4ccnc(N5CCNCC5)c4)cccn23)cn1. The lowest BCUT2D eigenvalue weighted by atomic mass is 10.2. The van der Waals surface area contributed by atoms with E-state index in [0.717, 1.165) is 66.8 Å². The third-order valence-electron chi connectivity index (χ3n) is 5.25. The molecule has 4 aromatic heterocycles. The Morgan fingerprint density at radius 1 is 1.10 bits per heavy atom. The predicted octanol–water partition coefficient (Wildman–Crippen LogP) is 3.79. The summed E-state index contributed by atoms with van der Waals surface area (Å²) in [7, 11) is 0. The largest absolute Gasteiger partial charge is 0.354 e. The molecule has 0 bridgehead atoms. The smallest absolute Gasteiger partial charge is 0.161 e. The molecule has 0 spiro atoms. The van der Waals surface area contributed by atoms with Gasteiger partial charge in [-0.25, -0.2) is 9.97 Å². The summed E-state index contributed by atoms with van der Waals surface area (Å²) in [6.07, 6.45) is 9.72. The second kappa shape index (κ2) is 9.61. The lowest BCUT2D eigenvalue weighted by Gasteiger charge is -2.28. The van der Waals surface area contributed by atoms with Crippen LogP contribution in [-0.2, 0) is 6.54 Å². The van der Waals surface area contributed by atoms with E-state index in [9.17, 15) is 0 Å². The minimum absolute atomic E-state index is 0.848. The first-order chi connectivity index (χ1) is 15.3. The zero-order valence-corrected chi connectivity index (χ0v) is 18.4. The van der Waals surface area contributed by atoms with Crippen molar-refractivity contribution in [2.45, 2.75) is 27.3 Å². The molecule has 0 aliphatic carbocycles. The molecule has 4 aromatic rings. The molecular weight excluding hydrogens is 388 g/mol. The summed E-state index contributed by atoms with van der Waals surface area (Å²) in [6.45, 7) is 10.9. The average Bonchev–Trinajstić information content (AvgIpc) is 3.49. The molecule has 0 unspecified atom stereocenters. The van der Waals surface area contributed by atoms with Gasteiger partial charge in [-0.05, 0) is 25.1 Å². The topological polar surface area (TPSA) is 75.3 Å². The fourth-order valence-corrected chi connectivity index (χ4v) is 3.71. The average molecular weight is 419 g/mol. The number of fused-ring (bicyclic) bond motifs is 1. The standard InChI is InChI=1S/C21H24N8.C2H6/c1-2-28-15-16(13-25-28)19-14-24-21-18(4-3-9-29(19)21)26-17-5-6-23-20(12-17)27-10-7-22-8-11-27;1-2/h3-6,9,12-15,22H,2,7-8,10-11H2,1H3,(H,23,26);1-2H3. The molecule has 0 atom stereocenters. The molecule has 2 N–H and O–H groups in total. The minimum atomic E-state index is 0.848. The van der Waals surface area contributed by atoms with Gasteiger partial charge in [-0.15, -0.1) is 0 Å². The second-order valence-corrected chi connectivity index (χ2v) is 7.11. The van der Waals surface area contributed by atoms with Crippen LogP contribution in [-0.4, -0.2) is 50.3 Å². The number of nitrogens with one attached hydrogen (secondary N) is 2. The number of anilines is 3. The van der Waals surface area contributed by atoms with Crippen LogP contribution in [0.3, 0.4) is 0 Å². The van der Waals surface area contributed by atoms with Crippen LogP contribution < -0.4 is 15.5 Å². The quantitative estimate of drug-likeness (QED) is 0.514. The molecule has 8 nitrogen and oxygen atoms in total. The van der Waals surface area contributed by atoms with Gasteiger partial charge in [0.05, 0.1) is 23.8 Å². The molecule has 31 heavy (non-hydrogen) atoms. The molecule has 8 heteroatoms. The van der Waals surface area contributed by atoms with Crippen molar-refractivity contribution in [1.82, 2.24) is 29.5 Å². The van der Waals surface area contributed by atoms with Gasteiger partial charge in [0, 0.05) is 68.6 Å². The molecule has 162 valence electrons. The van der Waals surface area contributed by atoms with Gasteiger partial charge in [0.2, 0.25) is 0 Å². The van der Waals surface area contributed by atoms with Crippen molar-refractivity contribution in [3.8, 4) is 11.3 Å². The van der Waals surface area contributed by atoms with E-state index < -0.39 is 0 Å². The Kier molecular flexibility index (Phi) is 6.47. The summed E-state index contributed by atoms with van der Waals surface area (Å²) in [6, 6.07) is 8.17. The van der Waals surface area contributed by atoms with Gasteiger partial charge in [-0.1, -0.05) is 13.8 Å². The maximum atomic E-state index is 4.67. The molecule has 0 saturated carbocycles. The van der Waals surface area contributed by atoms with E-state index in [-0.39, 0.29) is 0 Å². The Morgan fingerprint density at radius 2 is 1.94 bits per heavy atom. The summed E-state index contributed by atoms with van der Waals surface area (Å²) >= 11 is 0. The predicted molar refractivity (Wildman–Crippen MR) is 126 cm³/mol. The molecule has 0 radical (unpaired) electrons. The fraction of sp³-hybridized carbons (Fsp3) is 0.348. The summed E-state index contributed by atoms with van der Waals surface area (Å²) in [5.74, 6) is 1.000. The number of aryl methyl sites for hydroxylation is 1. The molecule has 5 rings (SSSR count). The van der Waals surface area contributed by atoms with Crippen LogP contribution in [0.1, 0.15) is 20.8 Å².